The number of piperidine rings is 1. The van der Waals surface area contributed by atoms with Crippen molar-refractivity contribution in [1.29, 1.82) is 5.26 Å². The lowest BCUT2D eigenvalue weighted by molar-refractivity contribution is -0.147. The van der Waals surface area contributed by atoms with E-state index in [4.69, 9.17) is 0 Å². The minimum absolute atomic E-state index is 0.155. The standard InChI is InChI=1S/C14H20N2O/c15-10-14(7-3-8-14)13(17)16-9-2-5-11-4-1-6-12(11)16/h11-12H,1-9H2. The third kappa shape index (κ3) is 1.57. The number of rotatable bonds is 1. The molecule has 0 radical (unpaired) electrons. The van der Waals surface area contributed by atoms with Gasteiger partial charge in [0.05, 0.1) is 6.07 Å². The zero-order valence-corrected chi connectivity index (χ0v) is 10.3. The molecule has 1 heterocycles. The lowest BCUT2D eigenvalue weighted by atomic mass is 9.68. The Kier molecular flexibility index (Phi) is 2.61. The summed E-state index contributed by atoms with van der Waals surface area (Å²) in [5.74, 6) is 0.881. The Balaban J connectivity index is 1.79. The van der Waals surface area contributed by atoms with E-state index in [9.17, 15) is 10.1 Å². The summed E-state index contributed by atoms with van der Waals surface area (Å²) < 4.78 is 0. The molecular formula is C14H20N2O. The third-order valence-electron chi connectivity index (χ3n) is 5.08. The van der Waals surface area contributed by atoms with Crippen molar-refractivity contribution < 1.29 is 4.79 Å². The molecule has 0 aromatic rings. The van der Waals surface area contributed by atoms with E-state index in [1.54, 1.807) is 0 Å². The van der Waals surface area contributed by atoms with Gasteiger partial charge in [-0.15, -0.1) is 0 Å². The first kappa shape index (κ1) is 11.1. The summed E-state index contributed by atoms with van der Waals surface area (Å²) in [4.78, 5) is 14.7. The first-order valence-electron chi connectivity index (χ1n) is 6.99. The number of hydrogen-bond donors (Lipinski definition) is 0. The summed E-state index contributed by atoms with van der Waals surface area (Å²) in [5, 5.41) is 9.28. The van der Waals surface area contributed by atoms with Crippen molar-refractivity contribution in [1.82, 2.24) is 4.90 Å². The summed E-state index contributed by atoms with van der Waals surface area (Å²) in [6.07, 6.45) is 8.75. The molecule has 0 spiro atoms. The summed E-state index contributed by atoms with van der Waals surface area (Å²) in [7, 11) is 0. The molecule has 0 aromatic heterocycles. The quantitative estimate of drug-likeness (QED) is 0.697. The van der Waals surface area contributed by atoms with Crippen molar-refractivity contribution in [2.75, 3.05) is 6.54 Å². The lowest BCUT2D eigenvalue weighted by Crippen LogP contribution is -2.54. The van der Waals surface area contributed by atoms with Gasteiger partial charge in [0.1, 0.15) is 5.41 Å². The fourth-order valence-electron chi connectivity index (χ4n) is 3.88. The topological polar surface area (TPSA) is 44.1 Å². The van der Waals surface area contributed by atoms with Crippen LogP contribution in [0.25, 0.3) is 0 Å². The maximum Gasteiger partial charge on any atom is 0.243 e. The van der Waals surface area contributed by atoms with Crippen LogP contribution in [-0.2, 0) is 4.79 Å². The Labute approximate surface area is 103 Å². The number of carbonyl (C=O) groups excluding carboxylic acids is 1. The van der Waals surface area contributed by atoms with Gasteiger partial charge in [0.15, 0.2) is 0 Å². The number of hydrogen-bond acceptors (Lipinski definition) is 2. The molecule has 92 valence electrons. The minimum atomic E-state index is -0.634. The Morgan fingerprint density at radius 3 is 2.59 bits per heavy atom. The van der Waals surface area contributed by atoms with Crippen LogP contribution in [0.4, 0.5) is 0 Å². The molecule has 2 saturated carbocycles. The van der Waals surface area contributed by atoms with Gasteiger partial charge in [-0.3, -0.25) is 4.79 Å². The summed E-state index contributed by atoms with van der Waals surface area (Å²) in [6, 6.07) is 2.76. The summed E-state index contributed by atoms with van der Waals surface area (Å²) in [5.41, 5.74) is -0.634. The molecule has 3 nitrogen and oxygen atoms in total. The Morgan fingerprint density at radius 1 is 1.18 bits per heavy atom. The Hall–Kier alpha value is -1.04. The van der Waals surface area contributed by atoms with Gasteiger partial charge >= 0.3 is 0 Å². The Morgan fingerprint density at radius 2 is 1.94 bits per heavy atom. The molecule has 17 heavy (non-hydrogen) atoms. The predicted octanol–water partition coefficient (Wildman–Crippen LogP) is 2.47. The molecule has 1 amide bonds. The molecule has 3 heteroatoms. The Bertz CT molecular complexity index is 367. The normalized spacial score (nSPS) is 34.6. The average Bonchev–Trinajstić information content (AvgIpc) is 2.75. The van der Waals surface area contributed by atoms with Crippen LogP contribution in [0.3, 0.4) is 0 Å². The molecule has 2 unspecified atom stereocenters. The SMILES string of the molecule is N#CC1(C(=O)N2CCCC3CCCC32)CCC1. The second-order valence-corrected chi connectivity index (χ2v) is 5.95. The van der Waals surface area contributed by atoms with Crippen LogP contribution in [0.2, 0.25) is 0 Å². The van der Waals surface area contributed by atoms with E-state index in [1.165, 1.54) is 19.3 Å². The predicted molar refractivity (Wildman–Crippen MR) is 64.0 cm³/mol. The molecule has 0 aromatic carbocycles. The van der Waals surface area contributed by atoms with Gasteiger partial charge in [-0.05, 0) is 50.9 Å². The van der Waals surface area contributed by atoms with Crippen LogP contribution >= 0.6 is 0 Å². The summed E-state index contributed by atoms with van der Waals surface area (Å²) in [6.45, 7) is 0.892. The highest BCUT2D eigenvalue weighted by atomic mass is 16.2. The smallest absolute Gasteiger partial charge is 0.243 e. The van der Waals surface area contributed by atoms with Gasteiger partial charge in [-0.2, -0.15) is 5.26 Å². The molecule has 0 N–H and O–H groups in total. The largest absolute Gasteiger partial charge is 0.338 e. The highest BCUT2D eigenvalue weighted by Gasteiger charge is 2.50. The highest BCUT2D eigenvalue weighted by Crippen LogP contribution is 2.45. The second kappa shape index (κ2) is 4.01. The van der Waals surface area contributed by atoms with Crippen LogP contribution < -0.4 is 0 Å². The van der Waals surface area contributed by atoms with Crippen molar-refractivity contribution >= 4 is 5.91 Å². The summed E-state index contributed by atoms with van der Waals surface area (Å²) >= 11 is 0. The number of fused-ring (bicyclic) bond motifs is 1. The van der Waals surface area contributed by atoms with Gasteiger partial charge in [-0.25, -0.2) is 0 Å². The second-order valence-electron chi connectivity index (χ2n) is 5.95. The van der Waals surface area contributed by atoms with Gasteiger partial charge in [0.25, 0.3) is 0 Å². The monoisotopic (exact) mass is 232 g/mol. The lowest BCUT2D eigenvalue weighted by Gasteiger charge is -2.44. The molecule has 3 aliphatic rings. The van der Waals surface area contributed by atoms with Crippen molar-refractivity contribution in [2.45, 2.75) is 57.4 Å². The number of amides is 1. The van der Waals surface area contributed by atoms with E-state index in [1.807, 2.05) is 0 Å². The minimum Gasteiger partial charge on any atom is -0.338 e. The maximum absolute atomic E-state index is 12.6. The van der Waals surface area contributed by atoms with E-state index in [2.05, 4.69) is 11.0 Å². The zero-order chi connectivity index (χ0) is 11.9. The molecule has 3 rings (SSSR count). The van der Waals surface area contributed by atoms with Crippen LogP contribution in [0, 0.1) is 22.7 Å². The maximum atomic E-state index is 12.6. The number of nitriles is 1. The van der Waals surface area contributed by atoms with Gasteiger partial charge in [0, 0.05) is 12.6 Å². The van der Waals surface area contributed by atoms with Gasteiger partial charge in [0.2, 0.25) is 5.91 Å². The third-order valence-corrected chi connectivity index (χ3v) is 5.08. The average molecular weight is 232 g/mol. The highest BCUT2D eigenvalue weighted by molar-refractivity contribution is 5.86. The number of nitrogens with zero attached hydrogens (tertiary/aromatic N) is 2. The fraction of sp³-hybridized carbons (Fsp3) is 0.857. The van der Waals surface area contributed by atoms with Crippen LogP contribution in [0.5, 0.6) is 0 Å². The number of carbonyl (C=O) groups is 1. The molecule has 0 bridgehead atoms. The van der Waals surface area contributed by atoms with E-state index in [-0.39, 0.29) is 5.91 Å². The van der Waals surface area contributed by atoms with Crippen LogP contribution in [0.1, 0.15) is 51.4 Å². The molecule has 2 aliphatic carbocycles. The van der Waals surface area contributed by atoms with E-state index in [0.29, 0.717) is 6.04 Å². The van der Waals surface area contributed by atoms with E-state index >= 15 is 0 Å². The van der Waals surface area contributed by atoms with Crippen molar-refractivity contribution in [2.24, 2.45) is 11.3 Å². The van der Waals surface area contributed by atoms with E-state index < -0.39 is 5.41 Å². The molecular weight excluding hydrogens is 212 g/mol. The van der Waals surface area contributed by atoms with Crippen molar-refractivity contribution in [3.05, 3.63) is 0 Å². The fourth-order valence-corrected chi connectivity index (χ4v) is 3.88. The number of likely N-dealkylation sites (tertiary alicyclic amines) is 1. The van der Waals surface area contributed by atoms with Gasteiger partial charge < -0.3 is 4.90 Å². The molecule has 3 fully saturated rings. The van der Waals surface area contributed by atoms with Crippen molar-refractivity contribution in [3.8, 4) is 6.07 Å². The first-order valence-corrected chi connectivity index (χ1v) is 6.99. The van der Waals surface area contributed by atoms with Crippen molar-refractivity contribution in [3.63, 3.8) is 0 Å². The molecule has 2 atom stereocenters. The van der Waals surface area contributed by atoms with Gasteiger partial charge in [-0.1, -0.05) is 6.42 Å². The van der Waals surface area contributed by atoms with E-state index in [0.717, 1.165) is 44.6 Å². The van der Waals surface area contributed by atoms with Crippen LogP contribution in [0.15, 0.2) is 0 Å². The van der Waals surface area contributed by atoms with Crippen LogP contribution in [-0.4, -0.2) is 23.4 Å². The molecule has 1 aliphatic heterocycles. The zero-order valence-electron chi connectivity index (χ0n) is 10.3. The first-order chi connectivity index (χ1) is 8.27. The molecule has 1 saturated heterocycles.